The molecule has 5 aromatic rings. The monoisotopic (exact) mass is 383 g/mol. The fourth-order valence-electron chi connectivity index (χ4n) is 2.88. The molecule has 0 spiro atoms. The van der Waals surface area contributed by atoms with Gasteiger partial charge in [-0.05, 0) is 0 Å². The molecule has 0 aliphatic rings. The van der Waals surface area contributed by atoms with E-state index >= 15 is 0 Å². The molecule has 8 nitrogen and oxygen atoms in total. The van der Waals surface area contributed by atoms with E-state index in [9.17, 15) is 4.79 Å². The van der Waals surface area contributed by atoms with Crippen molar-refractivity contribution in [2.24, 2.45) is 0 Å². The van der Waals surface area contributed by atoms with E-state index in [-0.39, 0.29) is 17.0 Å². The maximum atomic E-state index is 12.5. The summed E-state index contributed by atoms with van der Waals surface area (Å²) in [5.41, 5.74) is 2.30. The lowest BCUT2D eigenvalue weighted by molar-refractivity contribution is 0.431. The number of H-pyrrole nitrogens is 1. The lowest BCUT2D eigenvalue weighted by atomic mass is 10.1. The predicted molar refractivity (Wildman–Crippen MR) is 105 cm³/mol. The van der Waals surface area contributed by atoms with Crippen LogP contribution in [0, 0.1) is 0 Å². The Balaban J connectivity index is 1.43. The number of benzene rings is 2. The average molecular weight is 383 g/mol. The summed E-state index contributed by atoms with van der Waals surface area (Å²) < 4.78 is 10.6. The topological polar surface area (TPSA) is 111 Å². The van der Waals surface area contributed by atoms with Crippen LogP contribution < -0.4 is 5.56 Å². The summed E-state index contributed by atoms with van der Waals surface area (Å²) in [5, 5.41) is 3.97. The zero-order chi connectivity index (χ0) is 19.6. The molecular weight excluding hydrogens is 370 g/mol. The summed E-state index contributed by atoms with van der Waals surface area (Å²) in [6, 6.07) is 16.8. The van der Waals surface area contributed by atoms with Gasteiger partial charge in [0.25, 0.3) is 11.4 Å². The number of nitrogens with one attached hydrogen (secondary N) is 1. The first-order valence-corrected chi connectivity index (χ1v) is 8.76. The summed E-state index contributed by atoms with van der Waals surface area (Å²) in [7, 11) is 0. The largest absolute Gasteiger partial charge is 0.444 e. The molecule has 5 rings (SSSR count). The highest BCUT2D eigenvalue weighted by Crippen LogP contribution is 2.24. The third kappa shape index (κ3) is 3.23. The molecule has 0 aliphatic carbocycles. The summed E-state index contributed by atoms with van der Waals surface area (Å²) in [5.74, 6) is 1.62. The van der Waals surface area contributed by atoms with Crippen molar-refractivity contribution in [1.82, 2.24) is 25.1 Å². The first-order chi connectivity index (χ1) is 14.3. The van der Waals surface area contributed by atoms with Crippen LogP contribution in [0.1, 0.15) is 0 Å². The van der Waals surface area contributed by atoms with Crippen molar-refractivity contribution in [1.29, 1.82) is 0 Å². The standard InChI is InChI=1S/C21H13N5O3/c27-20-16(10-23-18(24-20)14-4-2-1-3-5-14)21-25-19(26-29-21)15-8-6-13(7-9-15)17-11-22-12-28-17/h1-12H,(H,23,24,27). The van der Waals surface area contributed by atoms with Gasteiger partial charge >= 0.3 is 0 Å². The van der Waals surface area contributed by atoms with Crippen LogP contribution in [0.25, 0.3) is 45.6 Å². The van der Waals surface area contributed by atoms with Crippen LogP contribution in [0.3, 0.4) is 0 Å². The normalized spacial score (nSPS) is 10.9. The minimum atomic E-state index is -0.352. The molecule has 0 amide bonds. The molecule has 8 heteroatoms. The van der Waals surface area contributed by atoms with Crippen LogP contribution in [0.2, 0.25) is 0 Å². The third-order valence-electron chi connectivity index (χ3n) is 4.36. The molecule has 3 aromatic heterocycles. The number of aromatic nitrogens is 5. The quantitative estimate of drug-likeness (QED) is 0.502. The molecule has 0 fully saturated rings. The second-order valence-corrected chi connectivity index (χ2v) is 6.21. The lowest BCUT2D eigenvalue weighted by Gasteiger charge is -2.00. The van der Waals surface area contributed by atoms with Crippen molar-refractivity contribution >= 4 is 0 Å². The number of rotatable bonds is 4. The van der Waals surface area contributed by atoms with Gasteiger partial charge in [0, 0.05) is 22.9 Å². The molecule has 0 unspecified atom stereocenters. The fraction of sp³-hybridized carbons (Fsp3) is 0. The number of oxazole rings is 1. The van der Waals surface area contributed by atoms with Gasteiger partial charge in [0.15, 0.2) is 12.2 Å². The average Bonchev–Trinajstić information content (AvgIpc) is 3.47. The molecule has 3 heterocycles. The van der Waals surface area contributed by atoms with Crippen molar-refractivity contribution < 1.29 is 8.94 Å². The molecule has 140 valence electrons. The van der Waals surface area contributed by atoms with Gasteiger partial charge < -0.3 is 13.9 Å². The SMILES string of the molecule is O=c1[nH]c(-c2ccccc2)ncc1-c1nc(-c2ccc(-c3cnco3)cc2)no1. The third-order valence-corrected chi connectivity index (χ3v) is 4.36. The summed E-state index contributed by atoms with van der Waals surface area (Å²) in [6.45, 7) is 0. The summed E-state index contributed by atoms with van der Waals surface area (Å²) in [4.78, 5) is 27.8. The van der Waals surface area contributed by atoms with E-state index in [4.69, 9.17) is 8.94 Å². The molecule has 0 bridgehead atoms. The zero-order valence-electron chi connectivity index (χ0n) is 14.9. The smallest absolute Gasteiger partial charge is 0.265 e. The Hall–Kier alpha value is -4.33. The van der Waals surface area contributed by atoms with Gasteiger partial charge in [0.2, 0.25) is 5.82 Å². The Kier molecular flexibility index (Phi) is 4.06. The van der Waals surface area contributed by atoms with Crippen molar-refractivity contribution in [2.75, 3.05) is 0 Å². The molecule has 0 aliphatic heterocycles. The van der Waals surface area contributed by atoms with Gasteiger partial charge in [-0.2, -0.15) is 4.98 Å². The van der Waals surface area contributed by atoms with Crippen LogP contribution in [-0.4, -0.2) is 25.1 Å². The Morgan fingerprint density at radius 1 is 0.862 bits per heavy atom. The number of hydrogen-bond acceptors (Lipinski definition) is 7. The predicted octanol–water partition coefficient (Wildman–Crippen LogP) is 3.81. The second kappa shape index (κ2) is 7.01. The van der Waals surface area contributed by atoms with Gasteiger partial charge in [-0.15, -0.1) is 0 Å². The van der Waals surface area contributed by atoms with Crippen molar-refractivity contribution in [3.8, 4) is 45.6 Å². The minimum Gasteiger partial charge on any atom is -0.444 e. The first kappa shape index (κ1) is 16.8. The van der Waals surface area contributed by atoms with Gasteiger partial charge in [-0.1, -0.05) is 59.8 Å². The van der Waals surface area contributed by atoms with E-state index in [0.717, 1.165) is 16.7 Å². The van der Waals surface area contributed by atoms with E-state index in [1.165, 1.54) is 12.6 Å². The molecule has 0 saturated heterocycles. The minimum absolute atomic E-state index is 0.104. The highest BCUT2D eigenvalue weighted by Gasteiger charge is 2.15. The van der Waals surface area contributed by atoms with Gasteiger partial charge in [0.1, 0.15) is 11.4 Å². The first-order valence-electron chi connectivity index (χ1n) is 8.76. The number of nitrogens with zero attached hydrogens (tertiary/aromatic N) is 4. The Morgan fingerprint density at radius 2 is 1.66 bits per heavy atom. The van der Waals surface area contributed by atoms with Crippen LogP contribution in [0.15, 0.2) is 87.1 Å². The Bertz CT molecular complexity index is 1310. The van der Waals surface area contributed by atoms with Crippen LogP contribution >= 0.6 is 0 Å². The Morgan fingerprint density at radius 3 is 2.38 bits per heavy atom. The van der Waals surface area contributed by atoms with Crippen molar-refractivity contribution in [3.05, 3.63) is 83.7 Å². The Labute approximate surface area is 163 Å². The van der Waals surface area contributed by atoms with Gasteiger partial charge in [-0.25, -0.2) is 9.97 Å². The van der Waals surface area contributed by atoms with Crippen LogP contribution in [0.5, 0.6) is 0 Å². The highest BCUT2D eigenvalue weighted by atomic mass is 16.5. The zero-order valence-corrected chi connectivity index (χ0v) is 14.9. The van der Waals surface area contributed by atoms with Gasteiger partial charge in [-0.3, -0.25) is 4.79 Å². The highest BCUT2D eigenvalue weighted by molar-refractivity contribution is 5.65. The maximum Gasteiger partial charge on any atom is 0.265 e. The molecule has 0 saturated carbocycles. The maximum absolute atomic E-state index is 12.5. The van der Waals surface area contributed by atoms with E-state index < -0.39 is 0 Å². The molecule has 0 radical (unpaired) electrons. The van der Waals surface area contributed by atoms with Crippen molar-refractivity contribution in [2.45, 2.75) is 0 Å². The van der Waals surface area contributed by atoms with E-state index in [0.29, 0.717) is 17.4 Å². The van der Waals surface area contributed by atoms with E-state index in [1.807, 2.05) is 54.6 Å². The number of hydrogen-bond donors (Lipinski definition) is 1. The lowest BCUT2D eigenvalue weighted by Crippen LogP contribution is -2.11. The van der Waals surface area contributed by atoms with E-state index in [1.54, 1.807) is 6.20 Å². The van der Waals surface area contributed by atoms with Crippen LogP contribution in [-0.2, 0) is 0 Å². The van der Waals surface area contributed by atoms with Crippen molar-refractivity contribution in [3.63, 3.8) is 0 Å². The summed E-state index contributed by atoms with van der Waals surface area (Å²) in [6.07, 6.45) is 4.45. The summed E-state index contributed by atoms with van der Waals surface area (Å²) >= 11 is 0. The molecule has 0 atom stereocenters. The van der Waals surface area contributed by atoms with Crippen LogP contribution in [0.4, 0.5) is 0 Å². The molecule has 1 N–H and O–H groups in total. The second-order valence-electron chi connectivity index (χ2n) is 6.21. The van der Waals surface area contributed by atoms with E-state index in [2.05, 4.69) is 25.1 Å². The molecule has 29 heavy (non-hydrogen) atoms. The fourth-order valence-corrected chi connectivity index (χ4v) is 2.88. The van der Waals surface area contributed by atoms with Gasteiger partial charge in [0.05, 0.1) is 6.20 Å². The molecule has 2 aromatic carbocycles. The molecular formula is C21H13N5O3. The number of aromatic amines is 1.